The molecular weight excluding hydrogens is 384 g/mol. The Balaban J connectivity index is 2.62. The lowest BCUT2D eigenvalue weighted by atomic mass is 10.0. The molecule has 0 heterocycles. The first-order chi connectivity index (χ1) is 9.31. The Morgan fingerprint density at radius 1 is 1.25 bits per heavy atom. The van der Waals surface area contributed by atoms with Crippen LogP contribution in [0.4, 0.5) is 5.69 Å². The van der Waals surface area contributed by atoms with Gasteiger partial charge in [0, 0.05) is 20.9 Å². The fraction of sp³-hybridized carbons (Fsp3) is 0.533. The van der Waals surface area contributed by atoms with Gasteiger partial charge in [-0.05, 0) is 76.2 Å². The Kier molecular flexibility index (Phi) is 7.20. The lowest BCUT2D eigenvalue weighted by Gasteiger charge is -2.15. The van der Waals surface area contributed by atoms with Gasteiger partial charge in [0.1, 0.15) is 0 Å². The highest BCUT2D eigenvalue weighted by Gasteiger charge is 2.16. The maximum absolute atomic E-state index is 12.2. The van der Waals surface area contributed by atoms with Crippen molar-refractivity contribution in [1.29, 1.82) is 0 Å². The lowest BCUT2D eigenvalue weighted by molar-refractivity contribution is -0.119. The van der Waals surface area contributed by atoms with E-state index in [1.54, 1.807) is 0 Å². The Morgan fingerprint density at radius 2 is 1.80 bits per heavy atom. The molecule has 2 unspecified atom stereocenters. The number of carbonyl (C=O) groups is 1. The molecule has 5 heteroatoms. The second kappa shape index (κ2) is 8.15. The molecule has 1 rings (SSSR count). The average Bonchev–Trinajstić information content (AvgIpc) is 2.32. The minimum absolute atomic E-state index is 0.0196. The third kappa shape index (κ3) is 5.54. The van der Waals surface area contributed by atoms with Gasteiger partial charge >= 0.3 is 0 Å². The van der Waals surface area contributed by atoms with Gasteiger partial charge in [0.25, 0.3) is 0 Å². The molecule has 0 bridgehead atoms. The Labute approximate surface area is 138 Å². The Bertz CT molecular complexity index is 452. The molecule has 0 saturated carbocycles. The predicted octanol–water partition coefficient (Wildman–Crippen LogP) is 4.61. The fourth-order valence-corrected chi connectivity index (χ4v) is 3.56. The molecule has 20 heavy (non-hydrogen) atoms. The first-order valence-electron chi connectivity index (χ1n) is 6.83. The van der Waals surface area contributed by atoms with E-state index in [0.717, 1.165) is 39.5 Å². The van der Waals surface area contributed by atoms with E-state index in [4.69, 9.17) is 5.73 Å². The monoisotopic (exact) mass is 404 g/mol. The number of nitrogens with two attached hydrogens (primary N) is 1. The van der Waals surface area contributed by atoms with E-state index in [2.05, 4.69) is 37.2 Å². The maximum Gasteiger partial charge on any atom is 0.227 e. The van der Waals surface area contributed by atoms with Crippen molar-refractivity contribution in [3.8, 4) is 0 Å². The highest BCUT2D eigenvalue weighted by atomic mass is 79.9. The number of aryl methyl sites for hydroxylation is 1. The van der Waals surface area contributed by atoms with Crippen molar-refractivity contribution in [2.24, 2.45) is 11.7 Å². The molecule has 0 fully saturated rings. The van der Waals surface area contributed by atoms with Crippen molar-refractivity contribution < 1.29 is 4.79 Å². The number of halogens is 2. The highest BCUT2D eigenvalue weighted by molar-refractivity contribution is 9.11. The summed E-state index contributed by atoms with van der Waals surface area (Å²) in [4.78, 5) is 12.2. The van der Waals surface area contributed by atoms with Gasteiger partial charge in [0.2, 0.25) is 5.91 Å². The van der Waals surface area contributed by atoms with E-state index >= 15 is 0 Å². The van der Waals surface area contributed by atoms with Crippen molar-refractivity contribution >= 4 is 43.5 Å². The van der Waals surface area contributed by atoms with Crippen LogP contribution in [0.15, 0.2) is 21.1 Å². The van der Waals surface area contributed by atoms with Crippen LogP contribution in [-0.4, -0.2) is 11.9 Å². The Morgan fingerprint density at radius 3 is 2.30 bits per heavy atom. The van der Waals surface area contributed by atoms with Crippen LogP contribution in [0, 0.1) is 12.8 Å². The number of amides is 1. The van der Waals surface area contributed by atoms with Gasteiger partial charge in [-0.15, -0.1) is 0 Å². The van der Waals surface area contributed by atoms with E-state index in [1.807, 2.05) is 32.9 Å². The summed E-state index contributed by atoms with van der Waals surface area (Å²) < 4.78 is 1.78. The second-order valence-corrected chi connectivity index (χ2v) is 7.11. The van der Waals surface area contributed by atoms with Gasteiger partial charge in [-0.3, -0.25) is 4.79 Å². The van der Waals surface area contributed by atoms with Crippen LogP contribution >= 0.6 is 31.9 Å². The lowest BCUT2D eigenvalue weighted by Crippen LogP contribution is -2.22. The molecule has 0 saturated heterocycles. The molecule has 0 aliphatic rings. The Hall–Kier alpha value is -0.390. The molecule has 0 radical (unpaired) electrons. The zero-order chi connectivity index (χ0) is 15.3. The van der Waals surface area contributed by atoms with Crippen LogP contribution in [0.3, 0.4) is 0 Å². The summed E-state index contributed by atoms with van der Waals surface area (Å²) in [5.74, 6) is 0.0220. The van der Waals surface area contributed by atoms with E-state index in [0.29, 0.717) is 0 Å². The molecule has 1 aromatic carbocycles. The van der Waals surface area contributed by atoms with Crippen molar-refractivity contribution in [3.05, 3.63) is 26.6 Å². The molecule has 3 N–H and O–H groups in total. The van der Waals surface area contributed by atoms with Gasteiger partial charge in [-0.2, -0.15) is 0 Å². The van der Waals surface area contributed by atoms with Crippen LogP contribution in [0.2, 0.25) is 0 Å². The largest absolute Gasteiger partial charge is 0.328 e. The van der Waals surface area contributed by atoms with Crippen molar-refractivity contribution in [2.45, 2.75) is 46.1 Å². The van der Waals surface area contributed by atoms with Crippen molar-refractivity contribution in [2.75, 3.05) is 5.32 Å². The minimum atomic E-state index is -0.0196. The molecule has 2 atom stereocenters. The molecule has 112 valence electrons. The summed E-state index contributed by atoms with van der Waals surface area (Å²) in [7, 11) is 0. The van der Waals surface area contributed by atoms with Gasteiger partial charge in [0.15, 0.2) is 0 Å². The number of rotatable bonds is 6. The molecule has 0 spiro atoms. The first kappa shape index (κ1) is 17.7. The number of benzene rings is 1. The number of hydrogen-bond donors (Lipinski definition) is 2. The molecule has 1 aromatic rings. The SMILES string of the molecule is Cc1cc(Br)c(NC(=O)C(C)CCCC(C)N)c(Br)c1. The summed E-state index contributed by atoms with van der Waals surface area (Å²) in [6.45, 7) is 5.95. The van der Waals surface area contributed by atoms with Gasteiger partial charge in [-0.1, -0.05) is 13.3 Å². The van der Waals surface area contributed by atoms with Crippen molar-refractivity contribution in [1.82, 2.24) is 0 Å². The minimum Gasteiger partial charge on any atom is -0.328 e. The summed E-state index contributed by atoms with van der Waals surface area (Å²) in [6.07, 6.45) is 2.78. The standard InChI is InChI=1S/C15H22Br2N2O/c1-9-7-12(16)14(13(17)8-9)19-15(20)10(2)5-4-6-11(3)18/h7-8,10-11H,4-6,18H2,1-3H3,(H,19,20). The number of anilines is 1. The molecule has 0 aliphatic heterocycles. The number of carbonyl (C=O) groups excluding carboxylic acids is 1. The highest BCUT2D eigenvalue weighted by Crippen LogP contribution is 2.32. The van der Waals surface area contributed by atoms with Gasteiger partial charge in [-0.25, -0.2) is 0 Å². The molecule has 1 amide bonds. The van der Waals surface area contributed by atoms with E-state index in [1.165, 1.54) is 0 Å². The summed E-state index contributed by atoms with van der Waals surface area (Å²) in [5, 5.41) is 2.98. The summed E-state index contributed by atoms with van der Waals surface area (Å²) >= 11 is 6.97. The smallest absolute Gasteiger partial charge is 0.227 e. The van der Waals surface area contributed by atoms with E-state index in [9.17, 15) is 4.79 Å². The second-order valence-electron chi connectivity index (χ2n) is 5.40. The predicted molar refractivity (Wildman–Crippen MR) is 91.9 cm³/mol. The normalized spacial score (nSPS) is 13.9. The van der Waals surface area contributed by atoms with Crippen molar-refractivity contribution in [3.63, 3.8) is 0 Å². The quantitative estimate of drug-likeness (QED) is 0.725. The third-order valence-electron chi connectivity index (χ3n) is 3.18. The fourth-order valence-electron chi connectivity index (χ4n) is 1.94. The van der Waals surface area contributed by atoms with E-state index in [-0.39, 0.29) is 17.9 Å². The molecule has 3 nitrogen and oxygen atoms in total. The van der Waals surface area contributed by atoms with Crippen LogP contribution < -0.4 is 11.1 Å². The van der Waals surface area contributed by atoms with E-state index < -0.39 is 0 Å². The average molecular weight is 406 g/mol. The zero-order valence-electron chi connectivity index (χ0n) is 12.2. The molecular formula is C15H22Br2N2O. The van der Waals surface area contributed by atoms with Gasteiger partial charge in [0.05, 0.1) is 5.69 Å². The molecule has 0 aliphatic carbocycles. The van der Waals surface area contributed by atoms with Crippen LogP contribution in [-0.2, 0) is 4.79 Å². The van der Waals surface area contributed by atoms with Crippen LogP contribution in [0.25, 0.3) is 0 Å². The van der Waals surface area contributed by atoms with Gasteiger partial charge < -0.3 is 11.1 Å². The van der Waals surface area contributed by atoms with Crippen LogP contribution in [0.5, 0.6) is 0 Å². The summed E-state index contributed by atoms with van der Waals surface area (Å²) in [6, 6.07) is 4.17. The number of nitrogens with one attached hydrogen (secondary N) is 1. The third-order valence-corrected chi connectivity index (χ3v) is 4.43. The zero-order valence-corrected chi connectivity index (χ0v) is 15.3. The van der Waals surface area contributed by atoms with Crippen LogP contribution in [0.1, 0.15) is 38.7 Å². The molecule has 0 aromatic heterocycles. The topological polar surface area (TPSA) is 55.1 Å². The first-order valence-corrected chi connectivity index (χ1v) is 8.42. The maximum atomic E-state index is 12.2. The summed E-state index contributed by atoms with van der Waals surface area (Å²) in [5.41, 5.74) is 7.64. The number of hydrogen-bond acceptors (Lipinski definition) is 2.